The Morgan fingerprint density at radius 1 is 1.29 bits per heavy atom. The normalized spacial score (nSPS) is 11.1. The molecule has 4 nitrogen and oxygen atoms in total. The molecule has 5 heteroatoms. The zero-order valence-corrected chi connectivity index (χ0v) is 12.5. The van der Waals surface area contributed by atoms with Gasteiger partial charge in [-0.3, -0.25) is 0 Å². The van der Waals surface area contributed by atoms with Crippen molar-refractivity contribution in [2.24, 2.45) is 0 Å². The van der Waals surface area contributed by atoms with Gasteiger partial charge in [-0.1, -0.05) is 36.0 Å². The van der Waals surface area contributed by atoms with E-state index in [1.807, 2.05) is 30.5 Å². The van der Waals surface area contributed by atoms with Gasteiger partial charge in [-0.15, -0.1) is 0 Å². The molecule has 1 heterocycles. The Labute approximate surface area is 125 Å². The van der Waals surface area contributed by atoms with E-state index >= 15 is 0 Å². The summed E-state index contributed by atoms with van der Waals surface area (Å²) >= 11 is 1.34. The number of furan rings is 1. The fourth-order valence-corrected chi connectivity index (χ4v) is 2.98. The molecule has 1 N–H and O–H groups in total. The van der Waals surface area contributed by atoms with Crippen LogP contribution in [0.1, 0.15) is 17.3 Å². The van der Waals surface area contributed by atoms with Crippen LogP contribution < -0.4 is 0 Å². The molecule has 0 aliphatic heterocycles. The number of ether oxygens (including phenoxy) is 1. The molecule has 0 fully saturated rings. The third-order valence-corrected chi connectivity index (χ3v) is 3.96. The van der Waals surface area contributed by atoms with Crippen molar-refractivity contribution >= 4 is 39.5 Å². The van der Waals surface area contributed by atoms with Crippen molar-refractivity contribution in [3.05, 3.63) is 35.9 Å². The van der Waals surface area contributed by atoms with Gasteiger partial charge in [0.25, 0.3) is 0 Å². The molecule has 0 saturated carbocycles. The number of phenolic OH excluding ortho intramolecular Hbond substituents is 1. The number of rotatable bonds is 3. The van der Waals surface area contributed by atoms with E-state index in [1.54, 1.807) is 13.0 Å². The second kappa shape index (κ2) is 5.33. The Morgan fingerprint density at radius 3 is 2.67 bits per heavy atom. The number of esters is 1. The average Bonchev–Trinajstić information content (AvgIpc) is 2.86. The van der Waals surface area contributed by atoms with Crippen LogP contribution in [0.5, 0.6) is 5.75 Å². The minimum atomic E-state index is -0.435. The third kappa shape index (κ3) is 2.14. The standard InChI is InChI=1S/C16H14O4S/c1-3-19-15(18)13-11-8-12(17)9-6-4-5-7-10(9)14(11)20-16(13)21-2/h4-8,17H,3H2,1-2H3. The lowest BCUT2D eigenvalue weighted by Gasteiger charge is -2.03. The Balaban J connectivity index is 2.40. The molecule has 1 aromatic heterocycles. The lowest BCUT2D eigenvalue weighted by molar-refractivity contribution is 0.0521. The van der Waals surface area contributed by atoms with Crippen molar-refractivity contribution < 1.29 is 19.1 Å². The van der Waals surface area contributed by atoms with Crippen LogP contribution in [-0.2, 0) is 4.74 Å². The number of benzene rings is 2. The van der Waals surface area contributed by atoms with Crippen molar-refractivity contribution in [1.82, 2.24) is 0 Å². The quantitative estimate of drug-likeness (QED) is 0.580. The molecule has 0 bridgehead atoms. The van der Waals surface area contributed by atoms with Gasteiger partial charge in [-0.05, 0) is 19.2 Å². The zero-order chi connectivity index (χ0) is 15.0. The number of carbonyl (C=O) groups excluding carboxylic acids is 1. The van der Waals surface area contributed by atoms with E-state index in [0.29, 0.717) is 33.6 Å². The van der Waals surface area contributed by atoms with Crippen LogP contribution in [0.2, 0.25) is 0 Å². The highest BCUT2D eigenvalue weighted by Crippen LogP contribution is 2.40. The van der Waals surface area contributed by atoms with Crippen LogP contribution in [0, 0.1) is 0 Å². The molecular formula is C16H14O4S. The van der Waals surface area contributed by atoms with Gasteiger partial charge in [-0.2, -0.15) is 0 Å². The SMILES string of the molecule is CCOC(=O)c1c(SC)oc2c1cc(O)c1ccccc12. The smallest absolute Gasteiger partial charge is 0.343 e. The van der Waals surface area contributed by atoms with Gasteiger partial charge < -0.3 is 14.3 Å². The van der Waals surface area contributed by atoms with Gasteiger partial charge in [0.15, 0.2) is 5.09 Å². The van der Waals surface area contributed by atoms with E-state index in [0.717, 1.165) is 5.39 Å². The predicted octanol–water partition coefficient (Wildman–Crippen LogP) is 4.19. The van der Waals surface area contributed by atoms with Crippen LogP contribution in [0.3, 0.4) is 0 Å². The van der Waals surface area contributed by atoms with E-state index < -0.39 is 5.97 Å². The van der Waals surface area contributed by atoms with Crippen LogP contribution in [0.15, 0.2) is 39.8 Å². The maximum atomic E-state index is 12.2. The lowest BCUT2D eigenvalue weighted by atomic mass is 10.0. The maximum Gasteiger partial charge on any atom is 0.343 e. The van der Waals surface area contributed by atoms with E-state index in [2.05, 4.69) is 0 Å². The highest BCUT2D eigenvalue weighted by atomic mass is 32.2. The van der Waals surface area contributed by atoms with E-state index in [-0.39, 0.29) is 5.75 Å². The highest BCUT2D eigenvalue weighted by molar-refractivity contribution is 7.98. The number of phenols is 1. The van der Waals surface area contributed by atoms with E-state index in [9.17, 15) is 9.90 Å². The molecule has 3 aromatic rings. The average molecular weight is 302 g/mol. The van der Waals surface area contributed by atoms with Gasteiger partial charge in [0.2, 0.25) is 0 Å². The molecule has 108 valence electrons. The molecule has 0 unspecified atom stereocenters. The first-order valence-corrected chi connectivity index (χ1v) is 7.78. The number of fused-ring (bicyclic) bond motifs is 3. The summed E-state index contributed by atoms with van der Waals surface area (Å²) in [6, 6.07) is 8.95. The minimum absolute atomic E-state index is 0.122. The fourth-order valence-electron chi connectivity index (χ4n) is 2.42. The van der Waals surface area contributed by atoms with Crippen molar-refractivity contribution in [1.29, 1.82) is 0 Å². The van der Waals surface area contributed by atoms with Gasteiger partial charge in [0.05, 0.1) is 6.61 Å². The molecule has 0 aliphatic carbocycles. The Bertz CT molecular complexity index is 835. The first-order chi connectivity index (χ1) is 10.2. The maximum absolute atomic E-state index is 12.2. The lowest BCUT2D eigenvalue weighted by Crippen LogP contribution is -2.04. The zero-order valence-electron chi connectivity index (χ0n) is 11.7. The minimum Gasteiger partial charge on any atom is -0.507 e. The summed E-state index contributed by atoms with van der Waals surface area (Å²) < 4.78 is 10.9. The molecule has 3 rings (SSSR count). The number of hydrogen-bond acceptors (Lipinski definition) is 5. The predicted molar refractivity (Wildman–Crippen MR) is 83.1 cm³/mol. The molecular weight excluding hydrogens is 288 g/mol. The molecule has 0 atom stereocenters. The summed E-state index contributed by atoms with van der Waals surface area (Å²) in [7, 11) is 0. The molecule has 0 amide bonds. The largest absolute Gasteiger partial charge is 0.507 e. The molecule has 21 heavy (non-hydrogen) atoms. The first kappa shape index (κ1) is 13.8. The Kier molecular flexibility index (Phi) is 3.51. The fraction of sp³-hybridized carbons (Fsp3) is 0.188. The molecule has 0 saturated heterocycles. The summed E-state index contributed by atoms with van der Waals surface area (Å²) in [5.74, 6) is -0.313. The van der Waals surface area contributed by atoms with Crippen LogP contribution in [0.4, 0.5) is 0 Å². The van der Waals surface area contributed by atoms with Gasteiger partial charge in [-0.25, -0.2) is 4.79 Å². The van der Waals surface area contributed by atoms with E-state index in [1.165, 1.54) is 11.8 Å². The van der Waals surface area contributed by atoms with Crippen molar-refractivity contribution in [3.8, 4) is 5.75 Å². The summed E-state index contributed by atoms with van der Waals surface area (Å²) in [5, 5.41) is 12.7. The second-order valence-corrected chi connectivity index (χ2v) is 5.29. The summed E-state index contributed by atoms with van der Waals surface area (Å²) in [6.07, 6.45) is 1.84. The van der Waals surface area contributed by atoms with Crippen LogP contribution >= 0.6 is 11.8 Å². The first-order valence-electron chi connectivity index (χ1n) is 6.55. The number of hydrogen-bond donors (Lipinski definition) is 1. The Hall–Kier alpha value is -2.14. The van der Waals surface area contributed by atoms with Gasteiger partial charge in [0.1, 0.15) is 16.9 Å². The molecule has 0 radical (unpaired) electrons. The number of aromatic hydroxyl groups is 1. The monoisotopic (exact) mass is 302 g/mol. The van der Waals surface area contributed by atoms with Gasteiger partial charge >= 0.3 is 5.97 Å². The van der Waals surface area contributed by atoms with Gasteiger partial charge in [0, 0.05) is 16.2 Å². The highest BCUT2D eigenvalue weighted by Gasteiger charge is 2.23. The second-order valence-electron chi connectivity index (χ2n) is 4.51. The summed E-state index contributed by atoms with van der Waals surface area (Å²) in [5.41, 5.74) is 0.969. The van der Waals surface area contributed by atoms with Crippen LogP contribution in [-0.4, -0.2) is 23.9 Å². The van der Waals surface area contributed by atoms with Crippen molar-refractivity contribution in [2.45, 2.75) is 12.0 Å². The van der Waals surface area contributed by atoms with Crippen molar-refractivity contribution in [3.63, 3.8) is 0 Å². The molecule has 0 spiro atoms. The Morgan fingerprint density at radius 2 is 2.00 bits per heavy atom. The molecule has 0 aliphatic rings. The van der Waals surface area contributed by atoms with Crippen LogP contribution in [0.25, 0.3) is 21.7 Å². The topological polar surface area (TPSA) is 59.7 Å². The number of thioether (sulfide) groups is 1. The third-order valence-electron chi connectivity index (χ3n) is 3.31. The summed E-state index contributed by atoms with van der Waals surface area (Å²) in [4.78, 5) is 12.2. The van der Waals surface area contributed by atoms with Crippen molar-refractivity contribution in [2.75, 3.05) is 12.9 Å². The molecule has 2 aromatic carbocycles. The number of carbonyl (C=O) groups is 1. The summed E-state index contributed by atoms with van der Waals surface area (Å²) in [6.45, 7) is 2.05. The van der Waals surface area contributed by atoms with E-state index in [4.69, 9.17) is 9.15 Å².